The van der Waals surface area contributed by atoms with Crippen LogP contribution in [0.5, 0.6) is 0 Å². The third-order valence-corrected chi connectivity index (χ3v) is 5.28. The van der Waals surface area contributed by atoms with Crippen molar-refractivity contribution in [2.24, 2.45) is 12.5 Å². The van der Waals surface area contributed by atoms with Crippen molar-refractivity contribution in [2.75, 3.05) is 7.05 Å². The first-order valence-electron chi connectivity index (χ1n) is 6.15. The first-order valence-corrected chi connectivity index (χ1v) is 7.03. The summed E-state index contributed by atoms with van der Waals surface area (Å²) >= 11 is 1.86. The molecular formula is C12H22N4S. The van der Waals surface area contributed by atoms with Gasteiger partial charge in [0.1, 0.15) is 5.82 Å². The second kappa shape index (κ2) is 4.61. The summed E-state index contributed by atoms with van der Waals surface area (Å²) in [6.45, 7) is 6.68. The summed E-state index contributed by atoms with van der Waals surface area (Å²) in [5.41, 5.74) is 0.375. The Labute approximate surface area is 108 Å². The maximum absolute atomic E-state index is 4.24. The number of thioether (sulfide) groups is 1. The monoisotopic (exact) mass is 254 g/mol. The number of rotatable bonds is 3. The van der Waals surface area contributed by atoms with Gasteiger partial charge in [0.05, 0.1) is 0 Å². The van der Waals surface area contributed by atoms with Gasteiger partial charge < -0.3 is 9.88 Å². The molecule has 4 nitrogen and oxygen atoms in total. The molecule has 2 unspecified atom stereocenters. The number of aromatic nitrogens is 3. The lowest BCUT2D eigenvalue weighted by atomic mass is 9.87. The van der Waals surface area contributed by atoms with Crippen molar-refractivity contribution in [2.45, 2.75) is 50.1 Å². The molecule has 1 aromatic heterocycles. The van der Waals surface area contributed by atoms with Crippen LogP contribution < -0.4 is 5.32 Å². The summed E-state index contributed by atoms with van der Waals surface area (Å²) in [4.78, 5) is 0. The maximum Gasteiger partial charge on any atom is 0.191 e. The molecule has 1 saturated carbocycles. The fraction of sp³-hybridized carbons (Fsp3) is 0.833. The van der Waals surface area contributed by atoms with Crippen molar-refractivity contribution in [3.63, 3.8) is 0 Å². The van der Waals surface area contributed by atoms with Crippen LogP contribution >= 0.6 is 11.8 Å². The quantitative estimate of drug-likeness (QED) is 0.896. The Bertz CT molecular complexity index is 399. The van der Waals surface area contributed by atoms with Crippen molar-refractivity contribution in [3.8, 4) is 0 Å². The predicted octanol–water partition coefficient (Wildman–Crippen LogP) is 1.99. The van der Waals surface area contributed by atoms with E-state index in [4.69, 9.17) is 0 Å². The molecule has 0 aromatic carbocycles. The lowest BCUT2D eigenvalue weighted by Crippen LogP contribution is -2.41. The summed E-state index contributed by atoms with van der Waals surface area (Å²) < 4.78 is 2.07. The standard InChI is InChI=1S/C12H22N4S/c1-8-14-15-11(16(8)5)17-9-6-7-12(2,3)10(9)13-4/h9-10,13H,6-7H2,1-5H3. The highest BCUT2D eigenvalue weighted by molar-refractivity contribution is 7.99. The van der Waals surface area contributed by atoms with Crippen molar-refractivity contribution >= 4 is 11.8 Å². The fourth-order valence-electron chi connectivity index (χ4n) is 2.67. The Morgan fingerprint density at radius 2 is 2.12 bits per heavy atom. The summed E-state index contributed by atoms with van der Waals surface area (Å²) in [7, 11) is 4.10. The van der Waals surface area contributed by atoms with Gasteiger partial charge in [-0.05, 0) is 32.2 Å². The van der Waals surface area contributed by atoms with E-state index >= 15 is 0 Å². The second-order valence-corrected chi connectivity index (χ2v) is 6.75. The van der Waals surface area contributed by atoms with E-state index < -0.39 is 0 Å². The van der Waals surface area contributed by atoms with Crippen molar-refractivity contribution < 1.29 is 0 Å². The molecular weight excluding hydrogens is 232 g/mol. The highest BCUT2D eigenvalue weighted by atomic mass is 32.2. The lowest BCUT2D eigenvalue weighted by molar-refractivity contribution is 0.300. The summed E-state index contributed by atoms with van der Waals surface area (Å²) in [6.07, 6.45) is 2.52. The molecule has 2 rings (SSSR count). The minimum atomic E-state index is 0.375. The van der Waals surface area contributed by atoms with E-state index in [0.717, 1.165) is 11.0 Å². The molecule has 1 fully saturated rings. The van der Waals surface area contributed by atoms with Crippen LogP contribution in [0.4, 0.5) is 0 Å². The van der Waals surface area contributed by atoms with Gasteiger partial charge in [-0.25, -0.2) is 0 Å². The smallest absolute Gasteiger partial charge is 0.191 e. The number of aryl methyl sites for hydroxylation is 1. The van der Waals surface area contributed by atoms with Crippen LogP contribution in [0.15, 0.2) is 5.16 Å². The molecule has 0 amide bonds. The molecule has 0 bridgehead atoms. The topological polar surface area (TPSA) is 42.7 Å². The van der Waals surface area contributed by atoms with Crippen molar-refractivity contribution in [1.82, 2.24) is 20.1 Å². The van der Waals surface area contributed by atoms with Gasteiger partial charge in [-0.15, -0.1) is 10.2 Å². The highest BCUT2D eigenvalue weighted by Gasteiger charge is 2.41. The van der Waals surface area contributed by atoms with E-state index in [9.17, 15) is 0 Å². The average molecular weight is 254 g/mol. The maximum atomic E-state index is 4.24. The predicted molar refractivity (Wildman–Crippen MR) is 71.2 cm³/mol. The molecule has 0 spiro atoms. The molecule has 1 aliphatic rings. The summed E-state index contributed by atoms with van der Waals surface area (Å²) in [5.74, 6) is 0.978. The van der Waals surface area contributed by atoms with Crippen LogP contribution in [0.25, 0.3) is 0 Å². The van der Waals surface area contributed by atoms with E-state index in [0.29, 0.717) is 16.7 Å². The van der Waals surface area contributed by atoms with Gasteiger partial charge >= 0.3 is 0 Å². The molecule has 1 aliphatic carbocycles. The fourth-order valence-corrected chi connectivity index (χ4v) is 4.19. The van der Waals surface area contributed by atoms with E-state index in [-0.39, 0.29) is 0 Å². The third-order valence-electron chi connectivity index (χ3n) is 3.91. The Balaban J connectivity index is 2.12. The molecule has 5 heteroatoms. The van der Waals surface area contributed by atoms with E-state index in [2.05, 4.69) is 41.0 Å². The molecule has 17 heavy (non-hydrogen) atoms. The molecule has 0 aliphatic heterocycles. The first-order chi connectivity index (χ1) is 7.95. The minimum absolute atomic E-state index is 0.375. The SMILES string of the molecule is CNC1C(Sc2nnc(C)n2C)CCC1(C)C. The Morgan fingerprint density at radius 3 is 2.65 bits per heavy atom. The second-order valence-electron chi connectivity index (χ2n) is 5.54. The number of hydrogen-bond donors (Lipinski definition) is 1. The van der Waals surface area contributed by atoms with Gasteiger partial charge in [0.2, 0.25) is 0 Å². The van der Waals surface area contributed by atoms with Crippen molar-refractivity contribution in [3.05, 3.63) is 5.82 Å². The van der Waals surface area contributed by atoms with Crippen LogP contribution in [0.1, 0.15) is 32.5 Å². The van der Waals surface area contributed by atoms with E-state index in [1.54, 1.807) is 0 Å². The number of nitrogens with zero attached hydrogens (tertiary/aromatic N) is 3. The van der Waals surface area contributed by atoms with Crippen molar-refractivity contribution in [1.29, 1.82) is 0 Å². The van der Waals surface area contributed by atoms with Gasteiger partial charge in [-0.3, -0.25) is 0 Å². The first kappa shape index (κ1) is 12.9. The van der Waals surface area contributed by atoms with Crippen LogP contribution in [0.2, 0.25) is 0 Å². The van der Waals surface area contributed by atoms with Crippen LogP contribution in [-0.2, 0) is 7.05 Å². The molecule has 0 saturated heterocycles. The Morgan fingerprint density at radius 1 is 1.41 bits per heavy atom. The average Bonchev–Trinajstić information content (AvgIpc) is 2.73. The number of hydrogen-bond acceptors (Lipinski definition) is 4. The zero-order valence-corrected chi connectivity index (χ0v) is 12.1. The Hall–Kier alpha value is -0.550. The molecule has 1 N–H and O–H groups in total. The molecule has 96 valence electrons. The van der Waals surface area contributed by atoms with E-state index in [1.807, 2.05) is 25.7 Å². The highest BCUT2D eigenvalue weighted by Crippen LogP contribution is 2.44. The summed E-state index contributed by atoms with van der Waals surface area (Å²) in [5, 5.41) is 13.5. The van der Waals surface area contributed by atoms with Gasteiger partial charge in [-0.1, -0.05) is 25.6 Å². The largest absolute Gasteiger partial charge is 0.315 e. The molecule has 2 atom stereocenters. The zero-order chi connectivity index (χ0) is 12.6. The normalized spacial score (nSPS) is 27.6. The van der Waals surface area contributed by atoms with E-state index in [1.165, 1.54) is 12.8 Å². The van der Waals surface area contributed by atoms with Crippen LogP contribution in [0.3, 0.4) is 0 Å². The van der Waals surface area contributed by atoms with Gasteiger partial charge in [0.15, 0.2) is 5.16 Å². The summed E-state index contributed by atoms with van der Waals surface area (Å²) in [6, 6.07) is 0.546. The van der Waals surface area contributed by atoms with Gasteiger partial charge in [0, 0.05) is 18.3 Å². The number of nitrogens with one attached hydrogen (secondary N) is 1. The third kappa shape index (κ3) is 2.36. The lowest BCUT2D eigenvalue weighted by Gasteiger charge is -2.29. The molecule has 1 aromatic rings. The Kier molecular flexibility index (Phi) is 3.50. The van der Waals surface area contributed by atoms with Crippen LogP contribution in [-0.4, -0.2) is 33.1 Å². The van der Waals surface area contributed by atoms with Gasteiger partial charge in [-0.2, -0.15) is 0 Å². The molecule has 1 heterocycles. The minimum Gasteiger partial charge on any atom is -0.315 e. The van der Waals surface area contributed by atoms with Gasteiger partial charge in [0.25, 0.3) is 0 Å². The zero-order valence-electron chi connectivity index (χ0n) is 11.3. The molecule has 0 radical (unpaired) electrons. The van der Waals surface area contributed by atoms with Crippen LogP contribution in [0, 0.1) is 12.3 Å².